The van der Waals surface area contributed by atoms with E-state index < -0.39 is 11.8 Å². The molecule has 0 aromatic heterocycles. The average Bonchev–Trinajstić information content (AvgIpc) is 2.31. The van der Waals surface area contributed by atoms with Gasteiger partial charge in [0.25, 0.3) is 0 Å². The Balaban J connectivity index is 2.06. The summed E-state index contributed by atoms with van der Waals surface area (Å²) < 4.78 is 24.8. The van der Waals surface area contributed by atoms with Crippen LogP contribution in [0.5, 0.6) is 0 Å². The van der Waals surface area contributed by atoms with E-state index in [9.17, 15) is 9.18 Å². The van der Waals surface area contributed by atoms with Crippen LogP contribution in [0.15, 0.2) is 18.2 Å². The zero-order chi connectivity index (χ0) is 14.0. The highest BCUT2D eigenvalue weighted by Gasteiger charge is 2.28. The smallest absolute Gasteiger partial charge is 0.341 e. The first-order chi connectivity index (χ1) is 8.97. The molecule has 0 N–H and O–H groups in total. The third-order valence-electron chi connectivity index (χ3n) is 3.34. The van der Waals surface area contributed by atoms with Gasteiger partial charge in [-0.15, -0.1) is 0 Å². The number of carbonyl (C=O) groups excluding carboxylic acids is 1. The SMILES string of the molecule is Cc1cccc(C(=O)OC2CC(C)OC(C)C2)c1F. The Kier molecular flexibility index (Phi) is 4.20. The van der Waals surface area contributed by atoms with Crippen molar-refractivity contribution in [2.75, 3.05) is 0 Å². The van der Waals surface area contributed by atoms with E-state index in [4.69, 9.17) is 9.47 Å². The maximum atomic E-state index is 13.8. The number of rotatable bonds is 2. The van der Waals surface area contributed by atoms with Crippen molar-refractivity contribution in [3.63, 3.8) is 0 Å². The quantitative estimate of drug-likeness (QED) is 0.771. The first kappa shape index (κ1) is 14.0. The molecule has 2 unspecified atom stereocenters. The summed E-state index contributed by atoms with van der Waals surface area (Å²) in [5.74, 6) is -1.09. The zero-order valence-electron chi connectivity index (χ0n) is 11.5. The molecule has 1 aromatic rings. The van der Waals surface area contributed by atoms with E-state index in [0.717, 1.165) is 0 Å². The van der Waals surface area contributed by atoms with E-state index in [1.165, 1.54) is 6.07 Å². The van der Waals surface area contributed by atoms with Crippen LogP contribution in [0.4, 0.5) is 4.39 Å². The van der Waals surface area contributed by atoms with Gasteiger partial charge >= 0.3 is 5.97 Å². The molecule has 1 fully saturated rings. The van der Waals surface area contributed by atoms with Crippen LogP contribution < -0.4 is 0 Å². The Bertz CT molecular complexity index is 462. The average molecular weight is 266 g/mol. The number of aryl methyl sites for hydroxylation is 1. The van der Waals surface area contributed by atoms with Gasteiger partial charge in [0.05, 0.1) is 17.8 Å². The van der Waals surface area contributed by atoms with Gasteiger partial charge in [-0.25, -0.2) is 9.18 Å². The number of hydrogen-bond acceptors (Lipinski definition) is 3. The summed E-state index contributed by atoms with van der Waals surface area (Å²) in [4.78, 5) is 12.0. The summed E-state index contributed by atoms with van der Waals surface area (Å²) in [6.07, 6.45) is 1.23. The minimum atomic E-state index is -0.590. The van der Waals surface area contributed by atoms with Gasteiger partial charge < -0.3 is 9.47 Å². The fraction of sp³-hybridized carbons (Fsp3) is 0.533. The lowest BCUT2D eigenvalue weighted by Crippen LogP contribution is -2.35. The van der Waals surface area contributed by atoms with Gasteiger partial charge in [0.2, 0.25) is 0 Å². The molecule has 1 heterocycles. The van der Waals surface area contributed by atoms with Crippen molar-refractivity contribution in [3.8, 4) is 0 Å². The molecule has 1 aliphatic rings. The molecule has 0 amide bonds. The molecule has 19 heavy (non-hydrogen) atoms. The monoisotopic (exact) mass is 266 g/mol. The molecule has 0 radical (unpaired) electrons. The molecule has 104 valence electrons. The fourth-order valence-corrected chi connectivity index (χ4v) is 2.46. The Labute approximate surface area is 112 Å². The maximum absolute atomic E-state index is 13.8. The summed E-state index contributed by atoms with van der Waals surface area (Å²) in [7, 11) is 0. The largest absolute Gasteiger partial charge is 0.459 e. The molecule has 0 aliphatic carbocycles. The van der Waals surface area contributed by atoms with Gasteiger partial charge in [0.15, 0.2) is 0 Å². The highest BCUT2D eigenvalue weighted by molar-refractivity contribution is 5.90. The summed E-state index contributed by atoms with van der Waals surface area (Å²) >= 11 is 0. The number of esters is 1. The van der Waals surface area contributed by atoms with E-state index in [0.29, 0.717) is 18.4 Å². The fourth-order valence-electron chi connectivity index (χ4n) is 2.46. The third kappa shape index (κ3) is 3.32. The molecule has 0 spiro atoms. The van der Waals surface area contributed by atoms with Crippen LogP contribution in [0.3, 0.4) is 0 Å². The first-order valence-electron chi connectivity index (χ1n) is 6.59. The van der Waals surface area contributed by atoms with E-state index in [2.05, 4.69) is 0 Å². The molecule has 4 heteroatoms. The Morgan fingerprint density at radius 3 is 2.58 bits per heavy atom. The van der Waals surface area contributed by atoms with Gasteiger partial charge in [0.1, 0.15) is 11.9 Å². The highest BCUT2D eigenvalue weighted by atomic mass is 19.1. The van der Waals surface area contributed by atoms with Crippen molar-refractivity contribution in [2.45, 2.75) is 51.9 Å². The normalized spacial score (nSPS) is 27.1. The Hall–Kier alpha value is -1.42. The molecule has 1 aromatic carbocycles. The second-order valence-electron chi connectivity index (χ2n) is 5.19. The first-order valence-corrected chi connectivity index (χ1v) is 6.59. The summed E-state index contributed by atoms with van der Waals surface area (Å²) in [5.41, 5.74) is 0.454. The van der Waals surface area contributed by atoms with Crippen LogP contribution in [0.2, 0.25) is 0 Å². The van der Waals surface area contributed by atoms with E-state index >= 15 is 0 Å². The highest BCUT2D eigenvalue weighted by Crippen LogP contribution is 2.23. The lowest BCUT2D eigenvalue weighted by Gasteiger charge is -2.31. The summed E-state index contributed by atoms with van der Waals surface area (Å²) in [6, 6.07) is 4.74. The lowest BCUT2D eigenvalue weighted by atomic mass is 10.0. The van der Waals surface area contributed by atoms with Crippen LogP contribution in [0.25, 0.3) is 0 Å². The van der Waals surface area contributed by atoms with Gasteiger partial charge in [0, 0.05) is 12.8 Å². The van der Waals surface area contributed by atoms with Crippen molar-refractivity contribution in [2.24, 2.45) is 0 Å². The van der Waals surface area contributed by atoms with Gasteiger partial charge in [-0.05, 0) is 32.4 Å². The molecular formula is C15H19FO3. The van der Waals surface area contributed by atoms with Crippen molar-refractivity contribution in [1.82, 2.24) is 0 Å². The number of hydrogen-bond donors (Lipinski definition) is 0. The van der Waals surface area contributed by atoms with Crippen LogP contribution in [-0.2, 0) is 9.47 Å². The van der Waals surface area contributed by atoms with Crippen molar-refractivity contribution >= 4 is 5.97 Å². The molecular weight excluding hydrogens is 247 g/mol. The molecule has 1 saturated heterocycles. The van der Waals surface area contributed by atoms with Gasteiger partial charge in [-0.1, -0.05) is 12.1 Å². The predicted molar refractivity (Wildman–Crippen MR) is 69.6 cm³/mol. The van der Waals surface area contributed by atoms with Crippen LogP contribution in [-0.4, -0.2) is 24.3 Å². The van der Waals surface area contributed by atoms with Crippen molar-refractivity contribution in [3.05, 3.63) is 35.1 Å². The summed E-state index contributed by atoms with van der Waals surface area (Å²) in [5, 5.41) is 0. The maximum Gasteiger partial charge on any atom is 0.341 e. The lowest BCUT2D eigenvalue weighted by molar-refractivity contribution is -0.0856. The molecule has 2 rings (SSSR count). The molecule has 2 atom stereocenters. The Morgan fingerprint density at radius 1 is 1.32 bits per heavy atom. The molecule has 1 aliphatic heterocycles. The summed E-state index contributed by atoms with van der Waals surface area (Å²) in [6.45, 7) is 5.53. The number of halogens is 1. The zero-order valence-corrected chi connectivity index (χ0v) is 11.5. The molecule has 0 saturated carbocycles. The number of ether oxygens (including phenoxy) is 2. The van der Waals surface area contributed by atoms with Crippen molar-refractivity contribution < 1.29 is 18.7 Å². The standard InChI is InChI=1S/C15H19FO3/c1-9-5-4-6-13(14(9)16)15(17)19-12-7-10(2)18-11(3)8-12/h4-6,10-12H,7-8H2,1-3H3. The Morgan fingerprint density at radius 2 is 1.95 bits per heavy atom. The van der Waals surface area contributed by atoms with E-state index in [1.54, 1.807) is 19.1 Å². The predicted octanol–water partition coefficient (Wildman–Crippen LogP) is 3.25. The van der Waals surface area contributed by atoms with Crippen LogP contribution >= 0.6 is 0 Å². The minimum absolute atomic E-state index is 0.00629. The van der Waals surface area contributed by atoms with E-state index in [-0.39, 0.29) is 23.9 Å². The van der Waals surface area contributed by atoms with Crippen LogP contribution in [0.1, 0.15) is 42.6 Å². The van der Waals surface area contributed by atoms with Gasteiger partial charge in [-0.2, -0.15) is 0 Å². The molecule has 3 nitrogen and oxygen atoms in total. The minimum Gasteiger partial charge on any atom is -0.459 e. The number of carbonyl (C=O) groups is 1. The second kappa shape index (κ2) is 5.70. The van der Waals surface area contributed by atoms with Crippen LogP contribution in [0, 0.1) is 12.7 Å². The number of benzene rings is 1. The topological polar surface area (TPSA) is 35.5 Å². The van der Waals surface area contributed by atoms with Gasteiger partial charge in [-0.3, -0.25) is 0 Å². The van der Waals surface area contributed by atoms with Crippen molar-refractivity contribution in [1.29, 1.82) is 0 Å². The molecule has 0 bridgehead atoms. The third-order valence-corrected chi connectivity index (χ3v) is 3.34. The second-order valence-corrected chi connectivity index (χ2v) is 5.19. The van der Waals surface area contributed by atoms with E-state index in [1.807, 2.05) is 13.8 Å².